The fraction of sp³-hybridized carbons (Fsp3) is 0.444. The van der Waals surface area contributed by atoms with Crippen molar-refractivity contribution in [3.05, 3.63) is 36.7 Å². The molecule has 27 heavy (non-hydrogen) atoms. The summed E-state index contributed by atoms with van der Waals surface area (Å²) in [6.45, 7) is 5.89. The van der Waals surface area contributed by atoms with E-state index in [9.17, 15) is 13.2 Å². The third kappa shape index (κ3) is 4.48. The third-order valence-corrected chi connectivity index (χ3v) is 5.49. The van der Waals surface area contributed by atoms with Crippen molar-refractivity contribution >= 4 is 21.6 Å². The number of urea groups is 1. The van der Waals surface area contributed by atoms with Crippen LogP contribution in [0.5, 0.6) is 0 Å². The van der Waals surface area contributed by atoms with Gasteiger partial charge in [-0.1, -0.05) is 12.1 Å². The molecule has 0 spiro atoms. The Morgan fingerprint density at radius 1 is 1.37 bits per heavy atom. The normalized spacial score (nSPS) is 21.9. The molecule has 1 fully saturated rings. The molecule has 0 saturated heterocycles. The van der Waals surface area contributed by atoms with Gasteiger partial charge in [-0.15, -0.1) is 0 Å². The highest BCUT2D eigenvalue weighted by Crippen LogP contribution is 2.40. The molecule has 2 atom stereocenters. The van der Waals surface area contributed by atoms with E-state index >= 15 is 0 Å². The van der Waals surface area contributed by atoms with Crippen molar-refractivity contribution in [2.45, 2.75) is 49.8 Å². The number of aromatic nitrogens is 2. The average molecular weight is 392 g/mol. The number of benzene rings is 1. The molecule has 1 aliphatic rings. The maximum absolute atomic E-state index is 12.2. The van der Waals surface area contributed by atoms with Gasteiger partial charge >= 0.3 is 6.03 Å². The molecule has 2 N–H and O–H groups in total. The van der Waals surface area contributed by atoms with E-state index in [-0.39, 0.29) is 28.7 Å². The number of carbonyl (C=O) groups is 1. The fourth-order valence-electron chi connectivity index (χ4n) is 3.02. The van der Waals surface area contributed by atoms with Gasteiger partial charge in [0.15, 0.2) is 9.84 Å². The van der Waals surface area contributed by atoms with E-state index in [1.54, 1.807) is 24.4 Å². The number of para-hydroxylation sites is 1. The molecule has 3 rings (SSSR count). The van der Waals surface area contributed by atoms with Crippen LogP contribution in [0.3, 0.4) is 0 Å². The maximum Gasteiger partial charge on any atom is 0.319 e. The highest BCUT2D eigenvalue weighted by Gasteiger charge is 2.53. The van der Waals surface area contributed by atoms with Crippen molar-refractivity contribution in [3.63, 3.8) is 0 Å². The van der Waals surface area contributed by atoms with Crippen LogP contribution in [0, 0.1) is 0 Å². The Labute approximate surface area is 158 Å². The van der Waals surface area contributed by atoms with Crippen molar-refractivity contribution in [2.75, 3.05) is 11.6 Å². The van der Waals surface area contributed by atoms with Crippen molar-refractivity contribution in [2.24, 2.45) is 0 Å². The molecule has 1 aliphatic carbocycles. The van der Waals surface area contributed by atoms with E-state index in [4.69, 9.17) is 4.74 Å². The highest BCUT2D eigenvalue weighted by atomic mass is 32.2. The minimum atomic E-state index is -3.40. The first-order valence-electron chi connectivity index (χ1n) is 8.68. The molecular weight excluding hydrogens is 368 g/mol. The zero-order chi connectivity index (χ0) is 19.8. The first-order valence-corrected chi connectivity index (χ1v) is 10.6. The lowest BCUT2D eigenvalue weighted by molar-refractivity contribution is -0.00450. The van der Waals surface area contributed by atoms with Gasteiger partial charge < -0.3 is 15.4 Å². The molecule has 2 amide bonds. The summed E-state index contributed by atoms with van der Waals surface area (Å²) in [7, 11) is -3.40. The van der Waals surface area contributed by atoms with Crippen LogP contribution >= 0.6 is 0 Å². The number of amides is 2. The summed E-state index contributed by atoms with van der Waals surface area (Å²) in [6.07, 6.45) is 5.04. The Hall–Kier alpha value is -2.39. The first kappa shape index (κ1) is 19.4. The van der Waals surface area contributed by atoms with Gasteiger partial charge in [0.05, 0.1) is 46.4 Å². The summed E-state index contributed by atoms with van der Waals surface area (Å²) in [5, 5.41) is 9.75. The number of rotatable bonds is 6. The summed E-state index contributed by atoms with van der Waals surface area (Å²) in [5.41, 5.74) is 0.556. The first-order chi connectivity index (χ1) is 12.6. The quantitative estimate of drug-likeness (QED) is 0.786. The molecule has 146 valence electrons. The van der Waals surface area contributed by atoms with Gasteiger partial charge in [0.1, 0.15) is 0 Å². The summed E-state index contributed by atoms with van der Waals surface area (Å²) < 4.78 is 31.1. The van der Waals surface area contributed by atoms with Crippen LogP contribution in [0.1, 0.15) is 27.2 Å². The molecule has 1 aromatic carbocycles. The van der Waals surface area contributed by atoms with Gasteiger partial charge in [-0.05, 0) is 32.9 Å². The minimum Gasteiger partial charge on any atom is -0.370 e. The zero-order valence-electron chi connectivity index (χ0n) is 15.8. The molecule has 0 bridgehead atoms. The molecule has 8 nitrogen and oxygen atoms in total. The number of sulfone groups is 1. The second-order valence-electron chi connectivity index (χ2n) is 7.25. The molecule has 0 radical (unpaired) electrons. The number of nitrogens with zero attached hydrogens (tertiary/aromatic N) is 2. The van der Waals surface area contributed by atoms with Crippen LogP contribution in [0.2, 0.25) is 0 Å². The second kappa shape index (κ2) is 6.97. The molecule has 1 aromatic heterocycles. The van der Waals surface area contributed by atoms with Crippen molar-refractivity contribution in [3.8, 4) is 5.69 Å². The van der Waals surface area contributed by atoms with Gasteiger partial charge in [-0.2, -0.15) is 5.10 Å². The second-order valence-corrected chi connectivity index (χ2v) is 9.23. The monoisotopic (exact) mass is 392 g/mol. The van der Waals surface area contributed by atoms with Gasteiger partial charge in [0.25, 0.3) is 0 Å². The van der Waals surface area contributed by atoms with E-state index < -0.39 is 9.84 Å². The Morgan fingerprint density at radius 3 is 2.74 bits per heavy atom. The molecule has 2 aromatic rings. The molecule has 0 aliphatic heterocycles. The van der Waals surface area contributed by atoms with Crippen LogP contribution in [0.4, 0.5) is 10.5 Å². The lowest BCUT2D eigenvalue weighted by atomic mass is 10.3. The Morgan fingerprint density at radius 2 is 2.07 bits per heavy atom. The summed E-state index contributed by atoms with van der Waals surface area (Å²) >= 11 is 0. The van der Waals surface area contributed by atoms with E-state index in [1.807, 2.05) is 20.8 Å². The standard InChI is InChI=1S/C18H24N4O4S/c1-12(2)26-18(3)9-16(18)21-17(23)20-13-10-19-22(11-13)14-7-5-6-8-15(14)27(4,24)25/h5-8,10-12,16H,9H2,1-4H3,(H2,20,21,23)/t16-,18+/m1/s1. The topological polar surface area (TPSA) is 102 Å². The van der Waals surface area contributed by atoms with E-state index in [2.05, 4.69) is 15.7 Å². The van der Waals surface area contributed by atoms with Gasteiger partial charge in [-0.3, -0.25) is 0 Å². The SMILES string of the molecule is CC(C)O[C@@]1(C)C[C@H]1NC(=O)Nc1cnn(-c2ccccc2S(C)(=O)=O)c1. The molecular formula is C18H24N4O4S. The Balaban J connectivity index is 1.67. The van der Waals surface area contributed by atoms with Gasteiger partial charge in [0, 0.05) is 12.7 Å². The number of anilines is 1. The Kier molecular flexibility index (Phi) is 5.00. The smallest absolute Gasteiger partial charge is 0.319 e. The van der Waals surface area contributed by atoms with E-state index in [0.717, 1.165) is 12.7 Å². The third-order valence-electron chi connectivity index (χ3n) is 4.35. The van der Waals surface area contributed by atoms with Gasteiger partial charge in [-0.25, -0.2) is 17.9 Å². The number of hydrogen-bond acceptors (Lipinski definition) is 5. The molecule has 9 heteroatoms. The van der Waals surface area contributed by atoms with E-state index in [1.165, 1.54) is 16.9 Å². The minimum absolute atomic E-state index is 0.0408. The van der Waals surface area contributed by atoms with Crippen molar-refractivity contribution < 1.29 is 17.9 Å². The van der Waals surface area contributed by atoms with Crippen molar-refractivity contribution in [1.29, 1.82) is 0 Å². The largest absolute Gasteiger partial charge is 0.370 e. The maximum atomic E-state index is 12.2. The highest BCUT2D eigenvalue weighted by molar-refractivity contribution is 7.90. The van der Waals surface area contributed by atoms with Crippen LogP contribution in [-0.4, -0.2) is 48.2 Å². The van der Waals surface area contributed by atoms with Crippen LogP contribution in [-0.2, 0) is 14.6 Å². The molecule has 0 unspecified atom stereocenters. The summed E-state index contributed by atoms with van der Waals surface area (Å²) in [4.78, 5) is 12.4. The fourth-order valence-corrected chi connectivity index (χ4v) is 3.89. The number of hydrogen-bond donors (Lipinski definition) is 2. The number of ether oxygens (including phenoxy) is 1. The number of nitrogens with one attached hydrogen (secondary N) is 2. The van der Waals surface area contributed by atoms with Gasteiger partial charge in [0.2, 0.25) is 0 Å². The van der Waals surface area contributed by atoms with Crippen LogP contribution in [0.25, 0.3) is 5.69 Å². The number of carbonyl (C=O) groups excluding carboxylic acids is 1. The molecule has 1 heterocycles. The van der Waals surface area contributed by atoms with E-state index in [0.29, 0.717) is 11.4 Å². The summed E-state index contributed by atoms with van der Waals surface area (Å²) in [5.74, 6) is 0. The molecule has 1 saturated carbocycles. The summed E-state index contributed by atoms with van der Waals surface area (Å²) in [6, 6.07) is 6.17. The zero-order valence-corrected chi connectivity index (χ0v) is 16.6. The van der Waals surface area contributed by atoms with Crippen LogP contribution in [0.15, 0.2) is 41.6 Å². The van der Waals surface area contributed by atoms with Crippen molar-refractivity contribution in [1.82, 2.24) is 15.1 Å². The Bertz CT molecular complexity index is 954. The lowest BCUT2D eigenvalue weighted by Crippen LogP contribution is -2.36. The average Bonchev–Trinajstić information content (AvgIpc) is 2.96. The lowest BCUT2D eigenvalue weighted by Gasteiger charge is -2.16. The van der Waals surface area contributed by atoms with Crippen LogP contribution < -0.4 is 10.6 Å². The predicted molar refractivity (Wildman–Crippen MR) is 102 cm³/mol. The predicted octanol–water partition coefficient (Wildman–Crippen LogP) is 2.35.